The van der Waals surface area contributed by atoms with Crippen LogP contribution >= 0.6 is 11.8 Å². The number of rotatable bonds is 6. The molecule has 1 atom stereocenters. The number of fused-ring (bicyclic) bond motifs is 2. The smallest absolute Gasteiger partial charge is 0.265 e. The van der Waals surface area contributed by atoms with Gasteiger partial charge in [0.2, 0.25) is 5.91 Å². The van der Waals surface area contributed by atoms with E-state index in [0.29, 0.717) is 28.5 Å². The molecule has 1 unspecified atom stereocenters. The van der Waals surface area contributed by atoms with Gasteiger partial charge < -0.3 is 5.32 Å². The standard InChI is InChI=1S/C18H19N5O2S/c24-15(19-8-4-7-12-5-2-1-3-6-12)9-13-11-26-18-21-16-14(10-20-22-16)17(25)23(13)18/h1-3,5-6,10,13H,4,7-9,11H2,(H,19,24)(H,20,22). The molecular formula is C18H19N5O2S. The number of aryl methyl sites for hydroxylation is 1. The zero-order valence-corrected chi connectivity index (χ0v) is 15.0. The number of nitrogens with zero attached hydrogens (tertiary/aromatic N) is 3. The molecule has 0 bridgehead atoms. The van der Waals surface area contributed by atoms with E-state index in [9.17, 15) is 9.59 Å². The second kappa shape index (κ2) is 7.33. The van der Waals surface area contributed by atoms with Gasteiger partial charge in [0.1, 0.15) is 5.39 Å². The summed E-state index contributed by atoms with van der Waals surface area (Å²) in [5, 5.41) is 10.7. The number of thioether (sulfide) groups is 1. The molecule has 3 aromatic rings. The van der Waals surface area contributed by atoms with Crippen molar-refractivity contribution in [3.63, 3.8) is 0 Å². The van der Waals surface area contributed by atoms with Gasteiger partial charge in [-0.2, -0.15) is 5.10 Å². The minimum atomic E-state index is -0.163. The normalized spacial score (nSPS) is 15.9. The molecule has 1 aliphatic heterocycles. The summed E-state index contributed by atoms with van der Waals surface area (Å²) in [6, 6.07) is 10.0. The number of carbonyl (C=O) groups excluding carboxylic acids is 1. The van der Waals surface area contributed by atoms with E-state index >= 15 is 0 Å². The van der Waals surface area contributed by atoms with Crippen LogP contribution in [-0.2, 0) is 11.2 Å². The number of benzene rings is 1. The minimum absolute atomic E-state index is 0.0318. The van der Waals surface area contributed by atoms with Crippen LogP contribution in [0.1, 0.15) is 24.4 Å². The molecule has 1 aromatic carbocycles. The maximum atomic E-state index is 12.6. The number of amides is 1. The first kappa shape index (κ1) is 16.8. The van der Waals surface area contributed by atoms with Crippen LogP contribution in [-0.4, -0.2) is 38.0 Å². The SMILES string of the molecule is O=C(CC1CSc2nc3[nH]ncc3c(=O)n21)NCCCc1ccccc1. The number of hydrogen-bond acceptors (Lipinski definition) is 5. The monoisotopic (exact) mass is 369 g/mol. The Morgan fingerprint density at radius 2 is 2.19 bits per heavy atom. The van der Waals surface area contributed by atoms with Gasteiger partial charge in [-0.1, -0.05) is 42.1 Å². The fourth-order valence-electron chi connectivity index (χ4n) is 3.16. The summed E-state index contributed by atoms with van der Waals surface area (Å²) in [5.74, 6) is 0.649. The maximum absolute atomic E-state index is 12.6. The fraction of sp³-hybridized carbons (Fsp3) is 0.333. The first-order chi connectivity index (χ1) is 12.7. The summed E-state index contributed by atoms with van der Waals surface area (Å²) in [6.07, 6.45) is 3.60. The van der Waals surface area contributed by atoms with Gasteiger partial charge in [0.25, 0.3) is 5.56 Å². The number of hydrogen-bond donors (Lipinski definition) is 2. The third kappa shape index (κ3) is 3.37. The Hall–Kier alpha value is -2.61. The van der Waals surface area contributed by atoms with Gasteiger partial charge in [-0.05, 0) is 18.4 Å². The van der Waals surface area contributed by atoms with E-state index in [-0.39, 0.29) is 23.9 Å². The molecule has 0 radical (unpaired) electrons. The van der Waals surface area contributed by atoms with Crippen molar-refractivity contribution >= 4 is 28.7 Å². The Bertz CT molecular complexity index is 982. The summed E-state index contributed by atoms with van der Waals surface area (Å²) >= 11 is 1.50. The molecule has 8 heteroatoms. The number of carbonyl (C=O) groups is 1. The maximum Gasteiger partial charge on any atom is 0.265 e. The van der Waals surface area contributed by atoms with Gasteiger partial charge in [0, 0.05) is 18.7 Å². The summed E-state index contributed by atoms with van der Waals surface area (Å²) in [6.45, 7) is 0.633. The largest absolute Gasteiger partial charge is 0.356 e. The van der Waals surface area contributed by atoms with Crippen LogP contribution in [0.15, 0.2) is 46.5 Å². The zero-order valence-electron chi connectivity index (χ0n) is 14.1. The van der Waals surface area contributed by atoms with E-state index in [1.54, 1.807) is 4.57 Å². The Morgan fingerprint density at radius 1 is 1.35 bits per heavy atom. The number of aromatic amines is 1. The predicted octanol–water partition coefficient (Wildman–Crippen LogP) is 1.91. The molecule has 0 fully saturated rings. The van der Waals surface area contributed by atoms with E-state index in [0.717, 1.165) is 12.8 Å². The molecule has 0 saturated carbocycles. The van der Waals surface area contributed by atoms with E-state index in [2.05, 4.69) is 32.6 Å². The lowest BCUT2D eigenvalue weighted by Gasteiger charge is -2.13. The van der Waals surface area contributed by atoms with Gasteiger partial charge in [-0.15, -0.1) is 0 Å². The van der Waals surface area contributed by atoms with Gasteiger partial charge >= 0.3 is 0 Å². The minimum Gasteiger partial charge on any atom is -0.356 e. The van der Waals surface area contributed by atoms with Crippen LogP contribution in [0.2, 0.25) is 0 Å². The molecule has 0 spiro atoms. The van der Waals surface area contributed by atoms with Gasteiger partial charge in [0.05, 0.1) is 12.2 Å². The van der Waals surface area contributed by atoms with Crippen molar-refractivity contribution in [2.45, 2.75) is 30.5 Å². The lowest BCUT2D eigenvalue weighted by Crippen LogP contribution is -2.31. The number of H-pyrrole nitrogens is 1. The van der Waals surface area contributed by atoms with Crippen LogP contribution in [0.4, 0.5) is 0 Å². The molecule has 0 saturated heterocycles. The van der Waals surface area contributed by atoms with E-state index in [1.807, 2.05) is 18.2 Å². The summed E-state index contributed by atoms with van der Waals surface area (Å²) in [5.41, 5.74) is 1.63. The van der Waals surface area contributed by atoms with Crippen molar-refractivity contribution in [3.8, 4) is 0 Å². The lowest BCUT2D eigenvalue weighted by molar-refractivity contribution is -0.121. The van der Waals surface area contributed by atoms with Crippen LogP contribution in [0.5, 0.6) is 0 Å². The molecule has 2 aromatic heterocycles. The molecule has 134 valence electrons. The number of aromatic nitrogens is 4. The van der Waals surface area contributed by atoms with E-state index in [4.69, 9.17) is 0 Å². The fourth-order valence-corrected chi connectivity index (χ4v) is 4.29. The highest BCUT2D eigenvalue weighted by Gasteiger charge is 2.28. The Morgan fingerprint density at radius 3 is 3.04 bits per heavy atom. The molecule has 0 aliphatic carbocycles. The molecule has 3 heterocycles. The molecule has 1 amide bonds. The van der Waals surface area contributed by atoms with Crippen LogP contribution in [0.3, 0.4) is 0 Å². The summed E-state index contributed by atoms with van der Waals surface area (Å²) in [7, 11) is 0. The molecule has 1 aliphatic rings. The predicted molar refractivity (Wildman–Crippen MR) is 100 cm³/mol. The zero-order chi connectivity index (χ0) is 17.9. The molecule has 2 N–H and O–H groups in total. The summed E-state index contributed by atoms with van der Waals surface area (Å²) in [4.78, 5) is 29.3. The number of nitrogens with one attached hydrogen (secondary N) is 2. The van der Waals surface area contributed by atoms with Crippen LogP contribution < -0.4 is 10.9 Å². The van der Waals surface area contributed by atoms with Crippen molar-refractivity contribution in [1.82, 2.24) is 25.1 Å². The van der Waals surface area contributed by atoms with E-state index < -0.39 is 0 Å². The van der Waals surface area contributed by atoms with Crippen molar-refractivity contribution in [2.24, 2.45) is 0 Å². The molecular weight excluding hydrogens is 350 g/mol. The van der Waals surface area contributed by atoms with Crippen molar-refractivity contribution in [2.75, 3.05) is 12.3 Å². The highest BCUT2D eigenvalue weighted by atomic mass is 32.2. The highest BCUT2D eigenvalue weighted by molar-refractivity contribution is 7.99. The van der Waals surface area contributed by atoms with Crippen molar-refractivity contribution in [1.29, 1.82) is 0 Å². The quantitative estimate of drug-likeness (QED) is 0.511. The van der Waals surface area contributed by atoms with Gasteiger partial charge in [-0.3, -0.25) is 19.3 Å². The first-order valence-electron chi connectivity index (χ1n) is 8.61. The molecule has 26 heavy (non-hydrogen) atoms. The van der Waals surface area contributed by atoms with Crippen LogP contribution in [0, 0.1) is 0 Å². The Balaban J connectivity index is 1.34. The Labute approximate surface area is 154 Å². The average Bonchev–Trinajstić information content (AvgIpc) is 3.27. The lowest BCUT2D eigenvalue weighted by atomic mass is 10.1. The Kier molecular flexibility index (Phi) is 4.75. The molecule has 4 rings (SSSR count). The second-order valence-corrected chi connectivity index (χ2v) is 7.30. The molecule has 7 nitrogen and oxygen atoms in total. The van der Waals surface area contributed by atoms with Gasteiger partial charge in [-0.25, -0.2) is 4.98 Å². The third-order valence-corrected chi connectivity index (χ3v) is 5.58. The van der Waals surface area contributed by atoms with Gasteiger partial charge in [0.15, 0.2) is 10.8 Å². The van der Waals surface area contributed by atoms with Crippen molar-refractivity contribution < 1.29 is 4.79 Å². The van der Waals surface area contributed by atoms with E-state index in [1.165, 1.54) is 23.5 Å². The highest BCUT2D eigenvalue weighted by Crippen LogP contribution is 2.32. The van der Waals surface area contributed by atoms with Crippen molar-refractivity contribution in [3.05, 3.63) is 52.4 Å². The topological polar surface area (TPSA) is 92.7 Å². The third-order valence-electron chi connectivity index (χ3n) is 4.48. The first-order valence-corrected chi connectivity index (χ1v) is 9.60. The summed E-state index contributed by atoms with van der Waals surface area (Å²) < 4.78 is 1.63. The second-order valence-electron chi connectivity index (χ2n) is 6.31. The van der Waals surface area contributed by atoms with Crippen LogP contribution in [0.25, 0.3) is 11.0 Å². The average molecular weight is 369 g/mol.